The van der Waals surface area contributed by atoms with E-state index in [9.17, 15) is 22.8 Å². The van der Waals surface area contributed by atoms with Gasteiger partial charge in [-0.2, -0.15) is 13.2 Å². The Morgan fingerprint density at radius 2 is 1.43 bits per heavy atom. The summed E-state index contributed by atoms with van der Waals surface area (Å²) in [6.07, 6.45) is -2.20. The highest BCUT2D eigenvalue weighted by Gasteiger charge is 2.49. The Hall–Kier alpha value is -4.66. The van der Waals surface area contributed by atoms with Crippen molar-refractivity contribution < 1.29 is 22.8 Å². The molecule has 0 bridgehead atoms. The van der Waals surface area contributed by atoms with Crippen LogP contribution in [0.5, 0.6) is 0 Å². The smallest absolute Gasteiger partial charge is 0.370 e. The summed E-state index contributed by atoms with van der Waals surface area (Å²) in [5.74, 6) is -0.339. The van der Waals surface area contributed by atoms with Gasteiger partial charge >= 0.3 is 6.18 Å². The highest BCUT2D eigenvalue weighted by molar-refractivity contribution is 6.04. The first-order chi connectivity index (χ1) is 19.3. The Morgan fingerprint density at radius 1 is 0.800 bits per heavy atom. The van der Waals surface area contributed by atoms with Crippen molar-refractivity contribution >= 4 is 23.3 Å². The second-order valence-corrected chi connectivity index (χ2v) is 9.58. The van der Waals surface area contributed by atoms with Crippen molar-refractivity contribution in [2.75, 3.05) is 23.7 Å². The third kappa shape index (κ3) is 5.54. The number of pyridine rings is 1. The molecule has 1 aliphatic carbocycles. The van der Waals surface area contributed by atoms with E-state index < -0.39 is 24.0 Å². The second kappa shape index (κ2) is 11.2. The lowest BCUT2D eigenvalue weighted by Crippen LogP contribution is -2.47. The third-order valence-corrected chi connectivity index (χ3v) is 6.99. The van der Waals surface area contributed by atoms with Crippen molar-refractivity contribution in [3.8, 4) is 11.1 Å². The summed E-state index contributed by atoms with van der Waals surface area (Å²) in [5.41, 5.74) is 2.93. The molecule has 9 heteroatoms. The minimum Gasteiger partial charge on any atom is -0.370 e. The molecule has 0 saturated carbocycles. The predicted octanol–water partition coefficient (Wildman–Crippen LogP) is 6.17. The van der Waals surface area contributed by atoms with Crippen LogP contribution in [-0.2, 0) is 10.2 Å². The number of rotatable bonds is 9. The Bertz CT molecular complexity index is 1460. The van der Waals surface area contributed by atoms with Crippen molar-refractivity contribution in [3.63, 3.8) is 0 Å². The van der Waals surface area contributed by atoms with Crippen molar-refractivity contribution in [2.45, 2.75) is 24.4 Å². The average Bonchev–Trinajstić information content (AvgIpc) is 3.26. The average molecular weight is 545 g/mol. The van der Waals surface area contributed by atoms with Gasteiger partial charge in [-0.15, -0.1) is 0 Å². The van der Waals surface area contributed by atoms with Crippen LogP contribution in [0.3, 0.4) is 0 Å². The predicted molar refractivity (Wildman–Crippen MR) is 148 cm³/mol. The van der Waals surface area contributed by atoms with Crippen molar-refractivity contribution in [3.05, 3.63) is 114 Å². The Balaban J connectivity index is 1.29. The van der Waals surface area contributed by atoms with Crippen LogP contribution in [0.2, 0.25) is 0 Å². The molecule has 0 spiro atoms. The summed E-state index contributed by atoms with van der Waals surface area (Å²) < 4.78 is 39.1. The molecule has 4 aromatic rings. The van der Waals surface area contributed by atoms with Gasteiger partial charge in [0.15, 0.2) is 0 Å². The van der Waals surface area contributed by atoms with Gasteiger partial charge in [-0.25, -0.2) is 4.98 Å². The Kier molecular flexibility index (Phi) is 7.55. The fourth-order valence-corrected chi connectivity index (χ4v) is 5.22. The van der Waals surface area contributed by atoms with Gasteiger partial charge in [0.05, 0.1) is 11.9 Å². The maximum atomic E-state index is 13.6. The number of nitrogens with zero attached hydrogens (tertiary/aromatic N) is 1. The zero-order chi connectivity index (χ0) is 28.2. The monoisotopic (exact) mass is 544 g/mol. The number of benzene rings is 3. The van der Waals surface area contributed by atoms with Crippen LogP contribution in [0, 0.1) is 0 Å². The first kappa shape index (κ1) is 26.9. The van der Waals surface area contributed by atoms with Crippen LogP contribution < -0.4 is 16.0 Å². The van der Waals surface area contributed by atoms with E-state index in [0.717, 1.165) is 11.1 Å². The van der Waals surface area contributed by atoms with Crippen molar-refractivity contribution in [2.24, 2.45) is 0 Å². The zero-order valence-electron chi connectivity index (χ0n) is 21.5. The lowest BCUT2D eigenvalue weighted by atomic mass is 9.73. The lowest BCUT2D eigenvalue weighted by molar-refractivity contribution is -0.141. The molecule has 3 aromatic carbocycles. The molecule has 5 rings (SSSR count). The van der Waals surface area contributed by atoms with Crippen LogP contribution >= 0.6 is 0 Å². The number of carbonyl (C=O) groups is 2. The standard InChI is InChI=1S/C31H27F3N4O2/c32-31(33,34)20-37-29(40)30(25-13-6-4-11-23(25)24-12-5-7-14-26(24)30)17-8-18-35-27-16-15-22(19-36-27)38-28(39)21-9-2-1-3-10-21/h1-7,9-16,19H,8,17-18,20H2,(H,35,36)(H,37,40)(H,38,39). The number of nitrogens with one attached hydrogen (secondary N) is 3. The number of halogens is 3. The molecule has 1 aliphatic rings. The highest BCUT2D eigenvalue weighted by atomic mass is 19.4. The van der Waals surface area contributed by atoms with Gasteiger partial charge in [0.2, 0.25) is 5.91 Å². The van der Waals surface area contributed by atoms with Crippen molar-refractivity contribution in [1.29, 1.82) is 0 Å². The molecule has 40 heavy (non-hydrogen) atoms. The fourth-order valence-electron chi connectivity index (χ4n) is 5.22. The van der Waals surface area contributed by atoms with Crippen molar-refractivity contribution in [1.82, 2.24) is 10.3 Å². The minimum absolute atomic E-state index is 0.241. The van der Waals surface area contributed by atoms with Crippen LogP contribution in [0.15, 0.2) is 97.2 Å². The van der Waals surface area contributed by atoms with Crippen LogP contribution in [0.1, 0.15) is 34.3 Å². The number of carbonyl (C=O) groups excluding carboxylic acids is 2. The molecule has 0 radical (unpaired) electrons. The summed E-state index contributed by atoms with van der Waals surface area (Å²) in [4.78, 5) is 30.2. The first-order valence-electron chi connectivity index (χ1n) is 12.9. The van der Waals surface area contributed by atoms with E-state index in [-0.39, 0.29) is 5.91 Å². The van der Waals surface area contributed by atoms with Gasteiger partial charge in [0, 0.05) is 12.1 Å². The largest absolute Gasteiger partial charge is 0.405 e. The second-order valence-electron chi connectivity index (χ2n) is 9.58. The topological polar surface area (TPSA) is 83.1 Å². The first-order valence-corrected chi connectivity index (χ1v) is 12.9. The molecule has 0 unspecified atom stereocenters. The summed E-state index contributed by atoms with van der Waals surface area (Å²) in [6, 6.07) is 27.1. The van der Waals surface area contributed by atoms with E-state index in [4.69, 9.17) is 0 Å². The Morgan fingerprint density at radius 3 is 2.02 bits per heavy atom. The van der Waals surface area contributed by atoms with E-state index in [0.29, 0.717) is 47.6 Å². The van der Waals surface area contributed by atoms with Gasteiger partial charge in [-0.05, 0) is 59.4 Å². The molecular weight excluding hydrogens is 517 g/mol. The number of anilines is 2. The van der Waals surface area contributed by atoms with Crippen LogP contribution in [0.4, 0.5) is 24.7 Å². The summed E-state index contributed by atoms with van der Waals surface area (Å²) in [7, 11) is 0. The van der Waals surface area contributed by atoms with E-state index in [1.807, 2.05) is 42.5 Å². The molecule has 0 fully saturated rings. The molecule has 1 heterocycles. The number of fused-ring (bicyclic) bond motifs is 3. The lowest BCUT2D eigenvalue weighted by Gasteiger charge is -2.31. The molecule has 6 nitrogen and oxygen atoms in total. The normalized spacial score (nSPS) is 13.2. The Labute approximate surface area is 229 Å². The maximum absolute atomic E-state index is 13.6. The summed E-state index contributed by atoms with van der Waals surface area (Å²) >= 11 is 0. The van der Waals surface area contributed by atoms with Crippen LogP contribution in [0.25, 0.3) is 11.1 Å². The minimum atomic E-state index is -4.52. The molecule has 1 aromatic heterocycles. The van der Waals surface area contributed by atoms with Gasteiger partial charge in [0.1, 0.15) is 17.8 Å². The number of alkyl halides is 3. The fraction of sp³-hybridized carbons (Fsp3) is 0.194. The number of hydrogen-bond donors (Lipinski definition) is 3. The van der Waals surface area contributed by atoms with E-state index in [1.165, 1.54) is 0 Å². The molecule has 2 amide bonds. The molecule has 0 atom stereocenters. The van der Waals surface area contributed by atoms with E-state index >= 15 is 0 Å². The number of amides is 2. The highest BCUT2D eigenvalue weighted by Crippen LogP contribution is 2.51. The number of hydrogen-bond acceptors (Lipinski definition) is 4. The quantitative estimate of drug-likeness (QED) is 0.220. The van der Waals surface area contributed by atoms with Gasteiger partial charge in [-0.1, -0.05) is 66.7 Å². The van der Waals surface area contributed by atoms with E-state index in [1.54, 1.807) is 54.7 Å². The molecule has 3 N–H and O–H groups in total. The molecule has 0 aliphatic heterocycles. The molecular formula is C31H27F3N4O2. The SMILES string of the molecule is O=C(Nc1ccc(NCCCC2(C(=O)NCC(F)(F)F)c3ccccc3-c3ccccc32)nc1)c1ccccc1. The van der Waals surface area contributed by atoms with Crippen LogP contribution in [-0.4, -0.2) is 36.1 Å². The maximum Gasteiger partial charge on any atom is 0.405 e. The molecule has 0 saturated heterocycles. The van der Waals surface area contributed by atoms with Gasteiger partial charge < -0.3 is 16.0 Å². The number of aromatic nitrogens is 1. The van der Waals surface area contributed by atoms with Gasteiger partial charge in [-0.3, -0.25) is 9.59 Å². The summed E-state index contributed by atoms with van der Waals surface area (Å²) in [6.45, 7) is -0.964. The van der Waals surface area contributed by atoms with E-state index in [2.05, 4.69) is 20.9 Å². The molecule has 204 valence electrons. The summed E-state index contributed by atoms with van der Waals surface area (Å²) in [5, 5.41) is 8.15. The zero-order valence-corrected chi connectivity index (χ0v) is 21.5. The third-order valence-electron chi connectivity index (χ3n) is 6.99. The van der Waals surface area contributed by atoms with Gasteiger partial charge in [0.25, 0.3) is 5.91 Å².